The van der Waals surface area contributed by atoms with E-state index in [2.05, 4.69) is 4.99 Å². The highest BCUT2D eigenvalue weighted by Crippen LogP contribution is 2.10. The molecular weight excluding hydrogens is 232 g/mol. The average molecular weight is 247 g/mol. The van der Waals surface area contributed by atoms with E-state index in [1.165, 1.54) is 6.42 Å². The molecule has 0 aromatic heterocycles. The number of hydrogen-bond acceptors (Lipinski definition) is 2. The van der Waals surface area contributed by atoms with E-state index in [1.54, 1.807) is 12.1 Å². The number of aliphatic imine (C=N–C) groups is 1. The lowest BCUT2D eigenvalue weighted by atomic mass is 10.1. The fourth-order valence-electron chi connectivity index (χ4n) is 1.89. The minimum atomic E-state index is -0.249. The number of benzene rings is 1. The van der Waals surface area contributed by atoms with Gasteiger partial charge >= 0.3 is 0 Å². The Balaban J connectivity index is 2.05. The second kappa shape index (κ2) is 5.77. The maximum atomic E-state index is 11.8. The Bertz CT molecular complexity index is 411. The van der Waals surface area contributed by atoms with E-state index in [0.717, 1.165) is 25.9 Å². The molecule has 0 aliphatic carbocycles. The molecule has 0 unspecified atom stereocenters. The molecule has 1 amide bonds. The zero-order valence-electron chi connectivity index (χ0n) is 9.63. The summed E-state index contributed by atoms with van der Waals surface area (Å²) in [4.78, 5) is 17.8. The quantitative estimate of drug-likeness (QED) is 0.433. The molecule has 0 radical (unpaired) electrons. The maximum absolute atomic E-state index is 11.8. The first-order valence-corrected chi connectivity index (χ1v) is 6.28. The first-order valence-electron chi connectivity index (χ1n) is 5.87. The monoisotopic (exact) mass is 247 g/mol. The lowest BCUT2D eigenvalue weighted by Gasteiger charge is -2.33. The van der Waals surface area contributed by atoms with E-state index in [0.29, 0.717) is 10.7 Å². The van der Waals surface area contributed by atoms with Gasteiger partial charge in [-0.3, -0.25) is 4.79 Å². The Hall–Kier alpha value is -1.42. The SMILES string of the molecule is O=C(N=C([S-])N1CCCCC1)c1ccccc1. The van der Waals surface area contributed by atoms with Crippen LogP contribution in [0.25, 0.3) is 0 Å². The second-order valence-corrected chi connectivity index (χ2v) is 4.48. The van der Waals surface area contributed by atoms with Crippen LogP contribution in [0.3, 0.4) is 0 Å². The Morgan fingerprint density at radius 3 is 2.41 bits per heavy atom. The number of piperidine rings is 1. The summed E-state index contributed by atoms with van der Waals surface area (Å²) in [5.41, 5.74) is 0.590. The molecule has 90 valence electrons. The van der Waals surface area contributed by atoms with E-state index >= 15 is 0 Å². The van der Waals surface area contributed by atoms with Gasteiger partial charge in [0, 0.05) is 18.7 Å². The smallest absolute Gasteiger partial charge is 0.276 e. The third-order valence-electron chi connectivity index (χ3n) is 2.84. The second-order valence-electron chi connectivity index (χ2n) is 4.11. The van der Waals surface area contributed by atoms with E-state index in [-0.39, 0.29) is 5.91 Å². The molecule has 1 aromatic carbocycles. The minimum absolute atomic E-state index is 0.249. The number of hydrogen-bond donors (Lipinski definition) is 0. The summed E-state index contributed by atoms with van der Waals surface area (Å²) in [6.45, 7) is 1.84. The topological polar surface area (TPSA) is 32.7 Å². The number of nitrogens with zero attached hydrogens (tertiary/aromatic N) is 2. The lowest BCUT2D eigenvalue weighted by molar-refractivity contribution is 0.100. The average Bonchev–Trinajstić information content (AvgIpc) is 2.40. The van der Waals surface area contributed by atoms with Gasteiger partial charge in [0.05, 0.1) is 0 Å². The molecule has 0 spiro atoms. The van der Waals surface area contributed by atoms with Crippen molar-refractivity contribution < 1.29 is 4.79 Å². The summed E-state index contributed by atoms with van der Waals surface area (Å²) in [6, 6.07) is 9.04. The largest absolute Gasteiger partial charge is 0.742 e. The first-order chi connectivity index (χ1) is 8.27. The molecule has 17 heavy (non-hydrogen) atoms. The van der Waals surface area contributed by atoms with Crippen molar-refractivity contribution in [3.05, 3.63) is 35.9 Å². The molecule has 1 heterocycles. The van der Waals surface area contributed by atoms with Crippen molar-refractivity contribution in [1.82, 2.24) is 4.90 Å². The van der Waals surface area contributed by atoms with Gasteiger partial charge in [-0.25, -0.2) is 4.99 Å². The van der Waals surface area contributed by atoms with Gasteiger partial charge in [0.1, 0.15) is 0 Å². The van der Waals surface area contributed by atoms with Gasteiger partial charge in [-0.2, -0.15) is 0 Å². The number of amidine groups is 1. The van der Waals surface area contributed by atoms with Gasteiger partial charge in [-0.05, 0) is 36.6 Å². The number of carbonyl (C=O) groups excluding carboxylic acids is 1. The predicted molar refractivity (Wildman–Crippen MR) is 71.0 cm³/mol. The number of carbonyl (C=O) groups is 1. The molecule has 1 fully saturated rings. The van der Waals surface area contributed by atoms with Gasteiger partial charge in [0.2, 0.25) is 0 Å². The molecule has 0 saturated carbocycles. The van der Waals surface area contributed by atoms with Crippen LogP contribution in [0.2, 0.25) is 0 Å². The van der Waals surface area contributed by atoms with Crippen molar-refractivity contribution in [2.24, 2.45) is 4.99 Å². The molecule has 3 nitrogen and oxygen atoms in total. The molecule has 1 aliphatic heterocycles. The van der Waals surface area contributed by atoms with Crippen molar-refractivity contribution in [3.63, 3.8) is 0 Å². The van der Waals surface area contributed by atoms with E-state index < -0.39 is 0 Å². The van der Waals surface area contributed by atoms with E-state index in [1.807, 2.05) is 23.1 Å². The van der Waals surface area contributed by atoms with Crippen LogP contribution in [0.4, 0.5) is 0 Å². The maximum Gasteiger partial charge on any atom is 0.276 e. The Morgan fingerprint density at radius 2 is 1.76 bits per heavy atom. The molecule has 2 rings (SSSR count). The minimum Gasteiger partial charge on any atom is -0.742 e. The van der Waals surface area contributed by atoms with Crippen molar-refractivity contribution in [2.45, 2.75) is 19.3 Å². The summed E-state index contributed by atoms with van der Waals surface area (Å²) in [6.07, 6.45) is 3.51. The molecule has 4 heteroatoms. The molecule has 1 aliphatic rings. The zero-order valence-corrected chi connectivity index (χ0v) is 10.4. The van der Waals surface area contributed by atoms with Gasteiger partial charge in [-0.15, -0.1) is 0 Å². The fourth-order valence-corrected chi connectivity index (χ4v) is 2.15. The van der Waals surface area contributed by atoms with Gasteiger partial charge in [0.15, 0.2) is 0 Å². The standard InChI is InChI=1S/C13H16N2OS/c16-12(11-7-3-1-4-8-11)14-13(17)15-9-5-2-6-10-15/h1,3-4,7-8H,2,5-6,9-10H2,(H,14,16,17)/p-1. The van der Waals surface area contributed by atoms with Crippen LogP contribution in [0.5, 0.6) is 0 Å². The third-order valence-corrected chi connectivity index (χ3v) is 3.19. The third kappa shape index (κ3) is 3.27. The lowest BCUT2D eigenvalue weighted by Crippen LogP contribution is -2.34. The summed E-state index contributed by atoms with van der Waals surface area (Å²) in [7, 11) is 0. The van der Waals surface area contributed by atoms with E-state index in [9.17, 15) is 4.79 Å². The summed E-state index contributed by atoms with van der Waals surface area (Å²) >= 11 is 5.19. The summed E-state index contributed by atoms with van der Waals surface area (Å²) < 4.78 is 0. The number of amides is 1. The Kier molecular flexibility index (Phi) is 4.09. The summed E-state index contributed by atoms with van der Waals surface area (Å²) in [5.74, 6) is -0.249. The Morgan fingerprint density at radius 1 is 1.12 bits per heavy atom. The van der Waals surface area contributed by atoms with Gasteiger partial charge in [-0.1, -0.05) is 18.2 Å². The van der Waals surface area contributed by atoms with Gasteiger partial charge in [0.25, 0.3) is 5.91 Å². The highest BCUT2D eigenvalue weighted by atomic mass is 32.1. The first kappa shape index (κ1) is 12.0. The van der Waals surface area contributed by atoms with Crippen LogP contribution >= 0.6 is 0 Å². The van der Waals surface area contributed by atoms with Crippen molar-refractivity contribution in [3.8, 4) is 0 Å². The number of rotatable bonds is 1. The molecule has 0 N–H and O–H groups in total. The van der Waals surface area contributed by atoms with Crippen LogP contribution < -0.4 is 0 Å². The van der Waals surface area contributed by atoms with Crippen LogP contribution in [-0.4, -0.2) is 29.1 Å². The van der Waals surface area contributed by atoms with Crippen LogP contribution in [0, 0.1) is 0 Å². The number of likely N-dealkylation sites (tertiary alicyclic amines) is 1. The van der Waals surface area contributed by atoms with Crippen LogP contribution in [0.1, 0.15) is 29.6 Å². The summed E-state index contributed by atoms with van der Waals surface area (Å²) in [5, 5.41) is 0.429. The molecule has 0 bridgehead atoms. The highest BCUT2D eigenvalue weighted by Gasteiger charge is 2.09. The van der Waals surface area contributed by atoms with Crippen molar-refractivity contribution in [1.29, 1.82) is 0 Å². The molecule has 0 atom stereocenters. The van der Waals surface area contributed by atoms with Crippen LogP contribution in [0.15, 0.2) is 35.3 Å². The Labute approximate surface area is 107 Å². The molecular formula is C13H15N2OS-. The van der Waals surface area contributed by atoms with Crippen molar-refractivity contribution in [2.75, 3.05) is 13.1 Å². The molecule has 1 saturated heterocycles. The predicted octanol–water partition coefficient (Wildman–Crippen LogP) is 2.22. The van der Waals surface area contributed by atoms with Gasteiger partial charge < -0.3 is 17.5 Å². The van der Waals surface area contributed by atoms with Crippen LogP contribution in [-0.2, 0) is 12.6 Å². The fraction of sp³-hybridized carbons (Fsp3) is 0.385. The zero-order chi connectivity index (χ0) is 12.1. The highest BCUT2D eigenvalue weighted by molar-refractivity contribution is 7.77. The molecule has 1 aromatic rings. The normalized spacial score (nSPS) is 16.9. The van der Waals surface area contributed by atoms with Crippen molar-refractivity contribution >= 4 is 23.7 Å². The van der Waals surface area contributed by atoms with E-state index in [4.69, 9.17) is 12.6 Å².